The Labute approximate surface area is 113 Å². The Morgan fingerprint density at radius 3 is 2.53 bits per heavy atom. The molecule has 0 amide bonds. The monoisotopic (exact) mass is 313 g/mol. The molecule has 1 heterocycles. The number of benzene rings is 1. The first-order valence-corrected chi connectivity index (χ1v) is 6.49. The van der Waals surface area contributed by atoms with Crippen LogP contribution in [0.3, 0.4) is 0 Å². The smallest absolute Gasteiger partial charge is 0.190 e. The number of aromatic nitrogens is 1. The van der Waals surface area contributed by atoms with Gasteiger partial charge in [0.15, 0.2) is 5.43 Å². The van der Waals surface area contributed by atoms with Crippen molar-refractivity contribution in [1.82, 2.24) is 4.98 Å². The van der Waals surface area contributed by atoms with Crippen molar-refractivity contribution in [1.29, 1.82) is 0 Å². The molecule has 0 atom stereocenters. The number of aromatic amines is 1. The summed E-state index contributed by atoms with van der Waals surface area (Å²) in [4.78, 5) is 15.4. The molecule has 0 bridgehead atoms. The second-order valence-corrected chi connectivity index (χ2v) is 6.34. The van der Waals surface area contributed by atoms with Crippen molar-refractivity contribution in [2.24, 2.45) is 0 Å². The van der Waals surface area contributed by atoms with E-state index in [1.54, 1.807) is 18.2 Å². The summed E-state index contributed by atoms with van der Waals surface area (Å²) in [5.74, 6) is 0. The van der Waals surface area contributed by atoms with Gasteiger partial charge in [0.25, 0.3) is 0 Å². The van der Waals surface area contributed by atoms with Crippen molar-refractivity contribution in [3.63, 3.8) is 0 Å². The normalized spacial score (nSPS) is 12.1. The van der Waals surface area contributed by atoms with Gasteiger partial charge in [-0.3, -0.25) is 4.79 Å². The highest BCUT2D eigenvalue weighted by Crippen LogP contribution is 2.28. The van der Waals surface area contributed by atoms with Gasteiger partial charge < -0.3 is 4.98 Å². The van der Waals surface area contributed by atoms with Crippen molar-refractivity contribution in [3.05, 3.63) is 43.6 Å². The molecule has 0 radical (unpaired) electrons. The number of pyridine rings is 1. The van der Waals surface area contributed by atoms with Crippen LogP contribution >= 0.6 is 27.5 Å². The molecule has 0 fully saturated rings. The molecule has 0 aliphatic carbocycles. The van der Waals surface area contributed by atoms with Crippen LogP contribution in [0.1, 0.15) is 26.5 Å². The van der Waals surface area contributed by atoms with Crippen LogP contribution < -0.4 is 5.43 Å². The first kappa shape index (κ1) is 12.7. The van der Waals surface area contributed by atoms with Gasteiger partial charge in [-0.1, -0.05) is 32.4 Å². The first-order chi connectivity index (χ1) is 7.80. The fraction of sp³-hybridized carbons (Fsp3) is 0.308. The largest absolute Gasteiger partial charge is 0.356 e. The molecule has 1 aromatic heterocycles. The second kappa shape index (κ2) is 4.14. The summed E-state index contributed by atoms with van der Waals surface area (Å²) < 4.78 is 0.763. The van der Waals surface area contributed by atoms with E-state index in [1.165, 1.54) is 0 Å². The standard InChI is InChI=1S/C13H13BrClNO/c1-13(2,3)10-6-9(17)11-7(14)4-5-8(15)12(11)16-10/h4-6H,1-3H3,(H,16,17). The summed E-state index contributed by atoms with van der Waals surface area (Å²) in [6, 6.07) is 5.20. The molecule has 17 heavy (non-hydrogen) atoms. The van der Waals surface area contributed by atoms with Crippen molar-refractivity contribution in [2.45, 2.75) is 26.2 Å². The van der Waals surface area contributed by atoms with Crippen LogP contribution in [0.25, 0.3) is 10.9 Å². The molecule has 0 saturated carbocycles. The number of hydrogen-bond acceptors (Lipinski definition) is 1. The predicted molar refractivity (Wildman–Crippen MR) is 76.0 cm³/mol. The molecule has 0 aliphatic rings. The third-order valence-corrected chi connectivity index (χ3v) is 3.67. The van der Waals surface area contributed by atoms with Crippen LogP contribution in [-0.2, 0) is 5.41 Å². The van der Waals surface area contributed by atoms with Crippen LogP contribution in [0.5, 0.6) is 0 Å². The molecule has 2 aromatic rings. The molecule has 90 valence electrons. The summed E-state index contributed by atoms with van der Waals surface area (Å²) in [7, 11) is 0. The molecule has 2 nitrogen and oxygen atoms in total. The average Bonchev–Trinajstić information content (AvgIpc) is 2.21. The number of hydrogen-bond donors (Lipinski definition) is 1. The van der Waals surface area contributed by atoms with E-state index in [2.05, 4.69) is 41.7 Å². The van der Waals surface area contributed by atoms with Gasteiger partial charge in [-0.25, -0.2) is 0 Å². The molecular formula is C13H13BrClNO. The molecule has 0 unspecified atom stereocenters. The van der Waals surface area contributed by atoms with Gasteiger partial charge in [0, 0.05) is 21.6 Å². The Morgan fingerprint density at radius 2 is 1.94 bits per heavy atom. The minimum atomic E-state index is -0.112. The highest BCUT2D eigenvalue weighted by atomic mass is 79.9. The van der Waals surface area contributed by atoms with E-state index in [-0.39, 0.29) is 10.8 Å². The minimum absolute atomic E-state index is 0.0157. The molecule has 0 saturated heterocycles. The third-order valence-electron chi connectivity index (χ3n) is 2.69. The fourth-order valence-electron chi connectivity index (χ4n) is 1.69. The Balaban J connectivity index is 2.92. The maximum atomic E-state index is 12.1. The summed E-state index contributed by atoms with van der Waals surface area (Å²) in [5, 5.41) is 1.16. The van der Waals surface area contributed by atoms with Crippen molar-refractivity contribution < 1.29 is 0 Å². The van der Waals surface area contributed by atoms with Gasteiger partial charge in [-0.2, -0.15) is 0 Å². The number of rotatable bonds is 0. The minimum Gasteiger partial charge on any atom is -0.356 e. The topological polar surface area (TPSA) is 32.9 Å². The van der Waals surface area contributed by atoms with Gasteiger partial charge in [-0.05, 0) is 28.1 Å². The maximum absolute atomic E-state index is 12.1. The Hall–Kier alpha value is -0.800. The number of halogens is 2. The molecule has 2 rings (SSSR count). The van der Waals surface area contributed by atoms with E-state index in [4.69, 9.17) is 11.6 Å². The van der Waals surface area contributed by atoms with Crippen LogP contribution in [0.4, 0.5) is 0 Å². The van der Waals surface area contributed by atoms with Crippen LogP contribution in [-0.4, -0.2) is 4.98 Å². The molecule has 4 heteroatoms. The lowest BCUT2D eigenvalue weighted by atomic mass is 9.91. The summed E-state index contributed by atoms with van der Waals surface area (Å²) >= 11 is 9.51. The van der Waals surface area contributed by atoms with Gasteiger partial charge in [0.2, 0.25) is 0 Å². The molecule has 1 aromatic carbocycles. The molecular weight excluding hydrogens is 302 g/mol. The van der Waals surface area contributed by atoms with Gasteiger partial charge in [-0.15, -0.1) is 0 Å². The zero-order chi connectivity index (χ0) is 12.8. The third kappa shape index (κ3) is 2.26. The van der Waals surface area contributed by atoms with Gasteiger partial charge in [0.05, 0.1) is 15.9 Å². The van der Waals surface area contributed by atoms with Crippen molar-refractivity contribution in [3.8, 4) is 0 Å². The lowest BCUT2D eigenvalue weighted by Crippen LogP contribution is -2.17. The first-order valence-electron chi connectivity index (χ1n) is 5.32. The van der Waals surface area contributed by atoms with Crippen LogP contribution in [0, 0.1) is 0 Å². The Kier molecular flexibility index (Phi) is 3.08. The summed E-state index contributed by atoms with van der Waals surface area (Å²) in [6.45, 7) is 6.15. The quantitative estimate of drug-likeness (QED) is 0.775. The zero-order valence-corrected chi connectivity index (χ0v) is 12.2. The van der Waals surface area contributed by atoms with Gasteiger partial charge >= 0.3 is 0 Å². The number of nitrogens with one attached hydrogen (secondary N) is 1. The highest BCUT2D eigenvalue weighted by molar-refractivity contribution is 9.10. The van der Waals surface area contributed by atoms with E-state index < -0.39 is 0 Å². The van der Waals surface area contributed by atoms with Crippen molar-refractivity contribution >= 4 is 38.4 Å². The Morgan fingerprint density at radius 1 is 1.29 bits per heavy atom. The van der Waals surface area contributed by atoms with Crippen LogP contribution in [0.2, 0.25) is 5.02 Å². The lowest BCUT2D eigenvalue weighted by molar-refractivity contribution is 0.571. The van der Waals surface area contributed by atoms with Crippen LogP contribution in [0.15, 0.2) is 27.5 Å². The maximum Gasteiger partial charge on any atom is 0.190 e. The second-order valence-electron chi connectivity index (χ2n) is 5.08. The fourth-order valence-corrected chi connectivity index (χ4v) is 2.42. The predicted octanol–water partition coefficient (Wildman–Crippen LogP) is 4.24. The van der Waals surface area contributed by atoms with E-state index in [0.717, 1.165) is 10.2 Å². The van der Waals surface area contributed by atoms with E-state index >= 15 is 0 Å². The Bertz CT molecular complexity index is 640. The molecule has 1 N–H and O–H groups in total. The summed E-state index contributed by atoms with van der Waals surface area (Å²) in [6.07, 6.45) is 0. The van der Waals surface area contributed by atoms with E-state index in [9.17, 15) is 4.79 Å². The molecule has 0 spiro atoms. The van der Waals surface area contributed by atoms with E-state index in [1.807, 2.05) is 0 Å². The van der Waals surface area contributed by atoms with E-state index in [0.29, 0.717) is 15.9 Å². The number of H-pyrrole nitrogens is 1. The lowest BCUT2D eigenvalue weighted by Gasteiger charge is -2.19. The SMILES string of the molecule is CC(C)(C)c1cc(=O)c2c(Br)ccc(Cl)c2[nH]1. The van der Waals surface area contributed by atoms with Crippen molar-refractivity contribution in [2.75, 3.05) is 0 Å². The zero-order valence-electron chi connectivity index (χ0n) is 9.90. The van der Waals surface area contributed by atoms with Gasteiger partial charge in [0.1, 0.15) is 0 Å². The number of fused-ring (bicyclic) bond motifs is 1. The highest BCUT2D eigenvalue weighted by Gasteiger charge is 2.17. The summed E-state index contributed by atoms with van der Waals surface area (Å²) in [5.41, 5.74) is 1.45. The molecule has 0 aliphatic heterocycles. The average molecular weight is 315 g/mol.